The molecular weight excluding hydrogens is 380 g/mol. The number of aromatic amines is 1. The summed E-state index contributed by atoms with van der Waals surface area (Å²) in [6, 6.07) is 4.95. The minimum absolute atomic E-state index is 0.0451. The second-order valence-electron chi connectivity index (χ2n) is 5.59. The minimum Gasteiger partial charge on any atom is -0.489 e. The van der Waals surface area contributed by atoms with Gasteiger partial charge in [0.2, 0.25) is 0 Å². The number of nitrogen functional groups attached to an aromatic ring is 1. The maximum Gasteiger partial charge on any atom is 0.319 e. The Morgan fingerprint density at radius 3 is 2.85 bits per heavy atom. The number of urea groups is 1. The Balaban J connectivity index is 1.79. The second-order valence-corrected chi connectivity index (χ2v) is 5.99. The van der Waals surface area contributed by atoms with Gasteiger partial charge in [0.15, 0.2) is 17.4 Å². The van der Waals surface area contributed by atoms with Crippen molar-refractivity contribution in [2.75, 3.05) is 17.7 Å². The number of halogens is 3. The highest BCUT2D eigenvalue weighted by Gasteiger charge is 2.19. The SMILES string of the molecule is CCOc1c(NC(=O)NCc2ccc(F)c(Cl)c2)cc2c(N)n[nH]c2c1F. The Morgan fingerprint density at radius 1 is 1.37 bits per heavy atom. The van der Waals surface area contributed by atoms with Gasteiger partial charge in [0, 0.05) is 11.9 Å². The number of nitrogens with two attached hydrogens (primary N) is 1. The van der Waals surface area contributed by atoms with E-state index in [1.54, 1.807) is 6.92 Å². The molecule has 10 heteroatoms. The molecule has 142 valence electrons. The van der Waals surface area contributed by atoms with Gasteiger partial charge in [-0.2, -0.15) is 5.10 Å². The molecule has 0 bridgehead atoms. The molecule has 0 atom stereocenters. The van der Waals surface area contributed by atoms with Gasteiger partial charge in [0.1, 0.15) is 11.3 Å². The van der Waals surface area contributed by atoms with Crippen LogP contribution in [0.1, 0.15) is 12.5 Å². The fourth-order valence-corrected chi connectivity index (χ4v) is 2.70. The number of H-pyrrole nitrogens is 1. The molecule has 0 fully saturated rings. The van der Waals surface area contributed by atoms with E-state index in [0.717, 1.165) is 0 Å². The number of amides is 2. The van der Waals surface area contributed by atoms with Crippen molar-refractivity contribution in [2.45, 2.75) is 13.5 Å². The number of anilines is 2. The van der Waals surface area contributed by atoms with Crippen LogP contribution in [0.25, 0.3) is 10.9 Å². The molecule has 0 aliphatic rings. The van der Waals surface area contributed by atoms with E-state index >= 15 is 0 Å². The van der Waals surface area contributed by atoms with Gasteiger partial charge in [-0.25, -0.2) is 13.6 Å². The Bertz CT molecular complexity index is 1010. The van der Waals surface area contributed by atoms with E-state index < -0.39 is 17.7 Å². The minimum atomic E-state index is -0.709. The number of aromatic nitrogens is 2. The van der Waals surface area contributed by atoms with Crippen molar-refractivity contribution in [1.29, 1.82) is 0 Å². The molecule has 1 aromatic heterocycles. The van der Waals surface area contributed by atoms with Crippen molar-refractivity contribution < 1.29 is 18.3 Å². The summed E-state index contributed by atoms with van der Waals surface area (Å²) in [5.41, 5.74) is 6.50. The summed E-state index contributed by atoms with van der Waals surface area (Å²) < 4.78 is 33.1. The van der Waals surface area contributed by atoms with Crippen LogP contribution >= 0.6 is 11.6 Å². The lowest BCUT2D eigenvalue weighted by Gasteiger charge is -2.14. The molecule has 2 aromatic carbocycles. The third-order valence-corrected chi connectivity index (χ3v) is 4.05. The van der Waals surface area contributed by atoms with E-state index in [1.807, 2.05) is 0 Å². The summed E-state index contributed by atoms with van der Waals surface area (Å²) in [6.07, 6.45) is 0. The summed E-state index contributed by atoms with van der Waals surface area (Å²) in [4.78, 5) is 12.2. The van der Waals surface area contributed by atoms with Crippen molar-refractivity contribution in [3.8, 4) is 5.75 Å². The first-order chi connectivity index (χ1) is 12.9. The maximum absolute atomic E-state index is 14.6. The summed E-state index contributed by atoms with van der Waals surface area (Å²) in [7, 11) is 0. The molecule has 3 rings (SSSR count). The Labute approximate surface area is 157 Å². The fraction of sp³-hybridized carbons (Fsp3) is 0.176. The molecule has 0 radical (unpaired) electrons. The number of rotatable bonds is 5. The molecular formula is C17H16ClF2N5O2. The zero-order valence-electron chi connectivity index (χ0n) is 14.2. The highest BCUT2D eigenvalue weighted by Crippen LogP contribution is 2.35. The number of nitrogens with zero attached hydrogens (tertiary/aromatic N) is 1. The van der Waals surface area contributed by atoms with E-state index in [9.17, 15) is 13.6 Å². The van der Waals surface area contributed by atoms with Crippen LogP contribution in [0.2, 0.25) is 5.02 Å². The van der Waals surface area contributed by atoms with Crippen molar-refractivity contribution in [3.05, 3.63) is 46.5 Å². The van der Waals surface area contributed by atoms with Gasteiger partial charge in [0.25, 0.3) is 0 Å². The van der Waals surface area contributed by atoms with Gasteiger partial charge in [-0.3, -0.25) is 5.10 Å². The van der Waals surface area contributed by atoms with Crippen molar-refractivity contribution in [1.82, 2.24) is 15.5 Å². The van der Waals surface area contributed by atoms with Gasteiger partial charge in [-0.1, -0.05) is 17.7 Å². The van der Waals surface area contributed by atoms with Crippen LogP contribution in [0.5, 0.6) is 5.75 Å². The number of hydrogen-bond acceptors (Lipinski definition) is 4. The number of hydrogen-bond donors (Lipinski definition) is 4. The first-order valence-electron chi connectivity index (χ1n) is 7.98. The summed E-state index contributed by atoms with van der Waals surface area (Å²) in [5, 5.41) is 11.6. The summed E-state index contributed by atoms with van der Waals surface area (Å²) in [5.74, 6) is -1.29. The van der Waals surface area contributed by atoms with E-state index in [-0.39, 0.29) is 40.9 Å². The average molecular weight is 396 g/mol. The predicted molar refractivity (Wildman–Crippen MR) is 98.9 cm³/mol. The van der Waals surface area contributed by atoms with Crippen LogP contribution in [-0.2, 0) is 6.54 Å². The third-order valence-electron chi connectivity index (χ3n) is 3.76. The van der Waals surface area contributed by atoms with Gasteiger partial charge in [-0.05, 0) is 30.7 Å². The molecule has 7 nitrogen and oxygen atoms in total. The third kappa shape index (κ3) is 3.87. The molecule has 5 N–H and O–H groups in total. The van der Waals surface area contributed by atoms with Crippen LogP contribution in [0.3, 0.4) is 0 Å². The maximum atomic E-state index is 14.6. The van der Waals surface area contributed by atoms with E-state index in [2.05, 4.69) is 20.8 Å². The highest BCUT2D eigenvalue weighted by molar-refractivity contribution is 6.30. The van der Waals surface area contributed by atoms with Crippen molar-refractivity contribution in [2.24, 2.45) is 0 Å². The lowest BCUT2D eigenvalue weighted by atomic mass is 10.2. The molecule has 0 aliphatic carbocycles. The molecule has 1 heterocycles. The molecule has 0 saturated carbocycles. The molecule has 0 unspecified atom stereocenters. The van der Waals surface area contributed by atoms with Gasteiger partial charge in [0.05, 0.1) is 17.3 Å². The quantitative estimate of drug-likeness (QED) is 0.527. The number of carbonyl (C=O) groups excluding carboxylic acids is 1. The zero-order valence-corrected chi connectivity index (χ0v) is 15.0. The molecule has 0 spiro atoms. The predicted octanol–water partition coefficient (Wildman–Crippen LogP) is 3.80. The Kier molecular flexibility index (Phi) is 5.31. The summed E-state index contributed by atoms with van der Waals surface area (Å²) in [6.45, 7) is 1.97. The number of carbonyl (C=O) groups is 1. The lowest BCUT2D eigenvalue weighted by molar-refractivity contribution is 0.251. The number of nitrogens with one attached hydrogen (secondary N) is 3. The zero-order chi connectivity index (χ0) is 19.6. The molecule has 27 heavy (non-hydrogen) atoms. The average Bonchev–Trinajstić information content (AvgIpc) is 3.00. The highest BCUT2D eigenvalue weighted by atomic mass is 35.5. The fourth-order valence-electron chi connectivity index (χ4n) is 2.50. The molecule has 3 aromatic rings. The largest absolute Gasteiger partial charge is 0.489 e. The molecule has 0 saturated heterocycles. The van der Waals surface area contributed by atoms with Crippen molar-refractivity contribution >= 4 is 40.0 Å². The topological polar surface area (TPSA) is 105 Å². The van der Waals surface area contributed by atoms with E-state index in [4.69, 9.17) is 22.1 Å². The Morgan fingerprint density at radius 2 is 2.15 bits per heavy atom. The number of fused-ring (bicyclic) bond motifs is 1. The standard InChI is InChI=1S/C17H16ClF2N5O2/c1-2-27-15-12(6-9-14(13(15)20)24-25-16(9)21)23-17(26)22-7-8-3-4-11(19)10(18)5-8/h3-6H,2,7H2,1H3,(H3,21,24,25)(H2,22,23,26). The van der Waals surface area contributed by atoms with Gasteiger partial charge < -0.3 is 21.1 Å². The van der Waals surface area contributed by atoms with E-state index in [1.165, 1.54) is 24.3 Å². The van der Waals surface area contributed by atoms with Gasteiger partial charge >= 0.3 is 6.03 Å². The van der Waals surface area contributed by atoms with Crippen LogP contribution in [0.4, 0.5) is 25.1 Å². The van der Waals surface area contributed by atoms with Crippen LogP contribution in [0, 0.1) is 11.6 Å². The monoisotopic (exact) mass is 395 g/mol. The first-order valence-corrected chi connectivity index (χ1v) is 8.36. The smallest absolute Gasteiger partial charge is 0.319 e. The molecule has 0 aliphatic heterocycles. The second kappa shape index (κ2) is 7.67. The van der Waals surface area contributed by atoms with Crippen LogP contribution in [0.15, 0.2) is 24.3 Å². The summed E-state index contributed by atoms with van der Waals surface area (Å²) >= 11 is 5.71. The number of ether oxygens (including phenoxy) is 1. The van der Waals surface area contributed by atoms with Gasteiger partial charge in [-0.15, -0.1) is 0 Å². The van der Waals surface area contributed by atoms with Crippen LogP contribution in [-0.4, -0.2) is 22.8 Å². The van der Waals surface area contributed by atoms with E-state index in [0.29, 0.717) is 10.9 Å². The van der Waals surface area contributed by atoms with Crippen LogP contribution < -0.4 is 21.1 Å². The number of benzene rings is 2. The lowest BCUT2D eigenvalue weighted by Crippen LogP contribution is -2.28. The Hall–Kier alpha value is -3.07. The molecule has 2 amide bonds. The van der Waals surface area contributed by atoms with Crippen molar-refractivity contribution in [3.63, 3.8) is 0 Å². The first kappa shape index (κ1) is 18.7. The normalized spacial score (nSPS) is 10.8.